The molecule has 0 aliphatic heterocycles. The number of aromatic nitrogens is 1. The second-order valence-electron chi connectivity index (χ2n) is 6.95. The van der Waals surface area contributed by atoms with Gasteiger partial charge in [0.2, 0.25) is 0 Å². The van der Waals surface area contributed by atoms with Gasteiger partial charge in [-0.1, -0.05) is 42.5 Å². The van der Waals surface area contributed by atoms with Gasteiger partial charge in [0.05, 0.1) is 22.3 Å². The SMILES string of the molecule is O=[N+]([O-])c1ccc2ncc(NCCc3ccc(OCc4ccccc4)cc3)cc2c1. The summed E-state index contributed by atoms with van der Waals surface area (Å²) in [5, 5.41) is 15.0. The van der Waals surface area contributed by atoms with E-state index in [2.05, 4.69) is 22.4 Å². The van der Waals surface area contributed by atoms with Crippen molar-refractivity contribution >= 4 is 22.3 Å². The second-order valence-corrected chi connectivity index (χ2v) is 6.95. The molecule has 0 atom stereocenters. The van der Waals surface area contributed by atoms with Crippen molar-refractivity contribution in [2.45, 2.75) is 13.0 Å². The van der Waals surface area contributed by atoms with Gasteiger partial charge in [0.1, 0.15) is 12.4 Å². The molecule has 4 rings (SSSR count). The van der Waals surface area contributed by atoms with Gasteiger partial charge in [0, 0.05) is 24.1 Å². The van der Waals surface area contributed by atoms with Gasteiger partial charge >= 0.3 is 0 Å². The highest BCUT2D eigenvalue weighted by molar-refractivity contribution is 5.83. The first-order valence-electron chi connectivity index (χ1n) is 9.71. The number of benzene rings is 3. The highest BCUT2D eigenvalue weighted by Gasteiger charge is 2.07. The number of rotatable bonds is 8. The van der Waals surface area contributed by atoms with Crippen LogP contribution in [0.5, 0.6) is 5.75 Å². The fourth-order valence-electron chi connectivity index (χ4n) is 3.17. The maximum absolute atomic E-state index is 11.0. The Kier molecular flexibility index (Phi) is 5.85. The smallest absolute Gasteiger partial charge is 0.270 e. The predicted octanol–water partition coefficient (Wildman–Crippen LogP) is 5.38. The van der Waals surface area contributed by atoms with Gasteiger partial charge in [-0.25, -0.2) is 0 Å². The summed E-state index contributed by atoms with van der Waals surface area (Å²) in [6.07, 6.45) is 2.58. The summed E-state index contributed by atoms with van der Waals surface area (Å²) in [6, 6.07) is 24.7. The van der Waals surface area contributed by atoms with E-state index in [1.165, 1.54) is 11.6 Å². The summed E-state index contributed by atoms with van der Waals surface area (Å²) in [4.78, 5) is 14.9. The number of nitro groups is 1. The molecular weight excluding hydrogens is 378 g/mol. The molecule has 0 aliphatic rings. The van der Waals surface area contributed by atoms with Crippen LogP contribution in [0.3, 0.4) is 0 Å². The molecule has 0 fully saturated rings. The zero-order valence-electron chi connectivity index (χ0n) is 16.3. The summed E-state index contributed by atoms with van der Waals surface area (Å²) >= 11 is 0. The Morgan fingerprint density at radius 1 is 0.933 bits per heavy atom. The minimum absolute atomic E-state index is 0.0658. The molecule has 150 valence electrons. The molecule has 1 N–H and O–H groups in total. The van der Waals surface area contributed by atoms with Crippen molar-refractivity contribution in [1.82, 2.24) is 4.98 Å². The lowest BCUT2D eigenvalue weighted by Crippen LogP contribution is -2.05. The Morgan fingerprint density at radius 2 is 1.73 bits per heavy atom. The van der Waals surface area contributed by atoms with E-state index in [4.69, 9.17) is 4.74 Å². The first-order chi connectivity index (χ1) is 14.7. The normalized spacial score (nSPS) is 10.7. The van der Waals surface area contributed by atoms with E-state index in [0.717, 1.165) is 40.9 Å². The molecule has 0 spiro atoms. The third-order valence-corrected chi connectivity index (χ3v) is 4.79. The number of non-ortho nitro benzene ring substituents is 1. The molecule has 0 amide bonds. The zero-order chi connectivity index (χ0) is 20.8. The van der Waals surface area contributed by atoms with Gasteiger partial charge in [-0.2, -0.15) is 0 Å². The number of nitrogens with one attached hydrogen (secondary N) is 1. The zero-order valence-corrected chi connectivity index (χ0v) is 16.3. The van der Waals surface area contributed by atoms with Crippen molar-refractivity contribution < 1.29 is 9.66 Å². The third-order valence-electron chi connectivity index (χ3n) is 4.79. The Hall–Kier alpha value is -3.93. The van der Waals surface area contributed by atoms with Crippen LogP contribution >= 0.6 is 0 Å². The molecule has 0 radical (unpaired) electrons. The molecule has 6 heteroatoms. The second kappa shape index (κ2) is 9.05. The van der Waals surface area contributed by atoms with Gasteiger partial charge in [-0.15, -0.1) is 0 Å². The van der Waals surface area contributed by atoms with E-state index < -0.39 is 4.92 Å². The Balaban J connectivity index is 1.31. The van der Waals surface area contributed by atoms with Crippen molar-refractivity contribution in [3.8, 4) is 5.75 Å². The number of ether oxygens (including phenoxy) is 1. The molecule has 0 aliphatic carbocycles. The molecule has 0 unspecified atom stereocenters. The third kappa shape index (κ3) is 4.91. The number of nitro benzene ring substituents is 1. The summed E-state index contributed by atoms with van der Waals surface area (Å²) in [6.45, 7) is 1.28. The van der Waals surface area contributed by atoms with Crippen molar-refractivity contribution in [2.24, 2.45) is 0 Å². The summed E-state index contributed by atoms with van der Waals surface area (Å²) in [5.74, 6) is 0.843. The minimum Gasteiger partial charge on any atom is -0.489 e. The monoisotopic (exact) mass is 399 g/mol. The summed E-state index contributed by atoms with van der Waals surface area (Å²) in [7, 11) is 0. The van der Waals surface area contributed by atoms with Crippen LogP contribution in [0.15, 0.2) is 85.1 Å². The van der Waals surface area contributed by atoms with Crippen LogP contribution in [0.4, 0.5) is 11.4 Å². The van der Waals surface area contributed by atoms with Crippen LogP contribution in [0.25, 0.3) is 10.9 Å². The van der Waals surface area contributed by atoms with E-state index in [0.29, 0.717) is 6.61 Å². The lowest BCUT2D eigenvalue weighted by Gasteiger charge is -2.09. The number of anilines is 1. The largest absolute Gasteiger partial charge is 0.489 e. The number of nitrogens with zero attached hydrogens (tertiary/aromatic N) is 2. The van der Waals surface area contributed by atoms with E-state index in [9.17, 15) is 10.1 Å². The topological polar surface area (TPSA) is 77.3 Å². The molecule has 0 bridgehead atoms. The van der Waals surface area contributed by atoms with E-state index in [1.807, 2.05) is 48.5 Å². The molecule has 4 aromatic rings. The van der Waals surface area contributed by atoms with Crippen LogP contribution in [0, 0.1) is 10.1 Å². The number of pyridine rings is 1. The molecular formula is C24H21N3O3. The van der Waals surface area contributed by atoms with Gasteiger partial charge < -0.3 is 10.1 Å². The fourth-order valence-corrected chi connectivity index (χ4v) is 3.17. The highest BCUT2D eigenvalue weighted by Crippen LogP contribution is 2.22. The molecule has 3 aromatic carbocycles. The number of fused-ring (bicyclic) bond motifs is 1. The van der Waals surface area contributed by atoms with Gasteiger partial charge in [0.25, 0.3) is 5.69 Å². The van der Waals surface area contributed by atoms with Gasteiger partial charge in [0.15, 0.2) is 0 Å². The molecule has 1 aromatic heterocycles. The summed E-state index contributed by atoms with van der Waals surface area (Å²) < 4.78 is 5.82. The van der Waals surface area contributed by atoms with Crippen molar-refractivity contribution in [3.05, 3.63) is 106 Å². The standard InChI is InChI=1S/C24H21N3O3/c28-27(29)22-8-11-24-20(15-22)14-21(16-26-24)25-13-12-18-6-9-23(10-7-18)30-17-19-4-2-1-3-5-19/h1-11,14-16,25H,12-13,17H2. The average Bonchev–Trinajstić information content (AvgIpc) is 2.78. The van der Waals surface area contributed by atoms with Gasteiger partial charge in [-0.05, 0) is 41.8 Å². The van der Waals surface area contributed by atoms with Crippen molar-refractivity contribution in [3.63, 3.8) is 0 Å². The molecule has 0 saturated heterocycles. The van der Waals surface area contributed by atoms with Gasteiger partial charge in [-0.3, -0.25) is 15.1 Å². The van der Waals surface area contributed by atoms with Crippen LogP contribution in [-0.2, 0) is 13.0 Å². The van der Waals surface area contributed by atoms with E-state index >= 15 is 0 Å². The maximum Gasteiger partial charge on any atom is 0.270 e. The molecule has 1 heterocycles. The first kappa shape index (κ1) is 19.4. The lowest BCUT2D eigenvalue weighted by atomic mass is 10.1. The minimum atomic E-state index is -0.396. The predicted molar refractivity (Wildman–Crippen MR) is 118 cm³/mol. The van der Waals surface area contributed by atoms with Crippen LogP contribution in [-0.4, -0.2) is 16.5 Å². The van der Waals surface area contributed by atoms with Crippen molar-refractivity contribution in [1.29, 1.82) is 0 Å². The number of hydrogen-bond acceptors (Lipinski definition) is 5. The number of hydrogen-bond donors (Lipinski definition) is 1. The molecule has 0 saturated carbocycles. The summed E-state index contributed by atoms with van der Waals surface area (Å²) in [5.41, 5.74) is 3.97. The average molecular weight is 399 g/mol. The Bertz CT molecular complexity index is 1150. The maximum atomic E-state index is 11.0. The van der Waals surface area contributed by atoms with Crippen LogP contribution < -0.4 is 10.1 Å². The Morgan fingerprint density at radius 3 is 2.50 bits per heavy atom. The Labute approximate surface area is 174 Å². The van der Waals surface area contributed by atoms with Crippen LogP contribution in [0.2, 0.25) is 0 Å². The quantitative estimate of drug-likeness (QED) is 0.318. The molecule has 30 heavy (non-hydrogen) atoms. The van der Waals surface area contributed by atoms with E-state index in [-0.39, 0.29) is 5.69 Å². The van der Waals surface area contributed by atoms with Crippen LogP contribution in [0.1, 0.15) is 11.1 Å². The van der Waals surface area contributed by atoms with E-state index in [1.54, 1.807) is 18.3 Å². The first-order valence-corrected chi connectivity index (χ1v) is 9.71. The lowest BCUT2D eigenvalue weighted by molar-refractivity contribution is -0.384. The fraction of sp³-hybridized carbons (Fsp3) is 0.125. The molecule has 6 nitrogen and oxygen atoms in total. The highest BCUT2D eigenvalue weighted by atomic mass is 16.6. The van der Waals surface area contributed by atoms with Crippen molar-refractivity contribution in [2.75, 3.05) is 11.9 Å².